The van der Waals surface area contributed by atoms with Gasteiger partial charge in [-0.1, -0.05) is 13.0 Å². The number of nitrogens with one attached hydrogen (secondary N) is 2. The maximum absolute atomic E-state index is 13.0. The van der Waals surface area contributed by atoms with Gasteiger partial charge >= 0.3 is 5.97 Å². The molecule has 156 valence electrons. The Hall–Kier alpha value is -2.12. The Bertz CT molecular complexity index is 915. The van der Waals surface area contributed by atoms with Crippen LogP contribution in [0.25, 0.3) is 0 Å². The van der Waals surface area contributed by atoms with E-state index in [1.165, 1.54) is 4.88 Å². The molecule has 0 radical (unpaired) electrons. The molecule has 1 heterocycles. The maximum Gasteiger partial charge on any atom is 0.341 e. The van der Waals surface area contributed by atoms with Crippen molar-refractivity contribution in [3.63, 3.8) is 0 Å². The van der Waals surface area contributed by atoms with Gasteiger partial charge in [-0.25, -0.2) is 4.79 Å². The minimum absolute atomic E-state index is 0.296. The van der Waals surface area contributed by atoms with E-state index in [-0.39, 0.29) is 5.97 Å². The van der Waals surface area contributed by atoms with Gasteiger partial charge in [-0.3, -0.25) is 0 Å². The van der Waals surface area contributed by atoms with Gasteiger partial charge in [0.25, 0.3) is 0 Å². The molecule has 1 atom stereocenters. The Morgan fingerprint density at radius 3 is 2.72 bits per heavy atom. The lowest BCUT2D eigenvalue weighted by Crippen LogP contribution is -2.26. The van der Waals surface area contributed by atoms with Gasteiger partial charge in [0.15, 0.2) is 5.11 Å². The second-order valence-electron chi connectivity index (χ2n) is 8.25. The van der Waals surface area contributed by atoms with Gasteiger partial charge in [0, 0.05) is 16.6 Å². The summed E-state index contributed by atoms with van der Waals surface area (Å²) in [5.41, 5.74) is 2.00. The smallest absolute Gasteiger partial charge is 0.341 e. The monoisotopic (exact) mass is 432 g/mol. The molecule has 3 rings (SSSR count). The van der Waals surface area contributed by atoms with Crippen LogP contribution in [0.1, 0.15) is 67.3 Å². The molecule has 0 saturated carbocycles. The van der Waals surface area contributed by atoms with Gasteiger partial charge in [-0.05, 0) is 75.9 Å². The first-order valence-electron chi connectivity index (χ1n) is 9.79. The molecule has 0 saturated heterocycles. The number of aryl methyl sites for hydroxylation is 1. The van der Waals surface area contributed by atoms with Gasteiger partial charge in [0.2, 0.25) is 0 Å². The van der Waals surface area contributed by atoms with Gasteiger partial charge in [0.1, 0.15) is 16.4 Å². The quantitative estimate of drug-likeness (QED) is 0.459. The van der Waals surface area contributed by atoms with Crippen LogP contribution >= 0.6 is 23.6 Å². The first-order valence-corrected chi connectivity index (χ1v) is 11.0. The maximum atomic E-state index is 13.0. The van der Waals surface area contributed by atoms with Crippen LogP contribution in [0.3, 0.4) is 0 Å². The van der Waals surface area contributed by atoms with E-state index in [0.29, 0.717) is 16.6 Å². The van der Waals surface area contributed by atoms with E-state index in [9.17, 15) is 4.79 Å². The number of hydrogen-bond donors (Lipinski definition) is 2. The van der Waals surface area contributed by atoms with E-state index in [1.54, 1.807) is 18.4 Å². The van der Waals surface area contributed by atoms with E-state index < -0.39 is 5.60 Å². The summed E-state index contributed by atoms with van der Waals surface area (Å²) in [6, 6.07) is 7.54. The minimum Gasteiger partial charge on any atom is -0.497 e. The number of benzene rings is 1. The third-order valence-electron chi connectivity index (χ3n) is 4.71. The second-order valence-corrected chi connectivity index (χ2v) is 9.76. The molecule has 1 aromatic carbocycles. The number of esters is 1. The zero-order chi connectivity index (χ0) is 21.2. The zero-order valence-corrected chi connectivity index (χ0v) is 19.2. The summed E-state index contributed by atoms with van der Waals surface area (Å²) in [6.07, 6.45) is 3.19. The fourth-order valence-electron chi connectivity index (χ4n) is 3.50. The molecular formula is C22H28N2O3S2. The highest BCUT2D eigenvalue weighted by atomic mass is 32.1. The minimum atomic E-state index is -0.555. The summed E-state index contributed by atoms with van der Waals surface area (Å²) in [5.74, 6) is 0.774. The second kappa shape index (κ2) is 8.71. The lowest BCUT2D eigenvalue weighted by molar-refractivity contribution is 0.00694. The fraction of sp³-hybridized carbons (Fsp3) is 0.455. The fourth-order valence-corrected chi connectivity index (χ4v) is 5.14. The molecule has 0 amide bonds. The molecule has 1 aliphatic rings. The third-order valence-corrected chi connectivity index (χ3v) is 6.10. The first kappa shape index (κ1) is 21.6. The summed E-state index contributed by atoms with van der Waals surface area (Å²) >= 11 is 7.12. The Balaban J connectivity index is 1.87. The molecule has 2 N–H and O–H groups in total. The molecule has 0 spiro atoms. The topological polar surface area (TPSA) is 59.6 Å². The molecule has 2 aromatic rings. The van der Waals surface area contributed by atoms with Crippen molar-refractivity contribution in [2.75, 3.05) is 17.7 Å². The largest absolute Gasteiger partial charge is 0.497 e. The molecule has 1 aliphatic carbocycles. The van der Waals surface area contributed by atoms with E-state index in [2.05, 4.69) is 17.6 Å². The van der Waals surface area contributed by atoms with Crippen molar-refractivity contribution in [3.8, 4) is 5.75 Å². The van der Waals surface area contributed by atoms with Crippen molar-refractivity contribution in [1.82, 2.24) is 0 Å². The van der Waals surface area contributed by atoms with Crippen LogP contribution in [0.15, 0.2) is 24.3 Å². The highest BCUT2D eigenvalue weighted by Crippen LogP contribution is 2.44. The number of carbonyl (C=O) groups is 1. The van der Waals surface area contributed by atoms with Gasteiger partial charge in [-0.15, -0.1) is 11.3 Å². The summed E-state index contributed by atoms with van der Waals surface area (Å²) < 4.78 is 11.0. The molecule has 0 bridgehead atoms. The molecule has 0 fully saturated rings. The van der Waals surface area contributed by atoms with Crippen molar-refractivity contribution in [3.05, 3.63) is 40.3 Å². The van der Waals surface area contributed by atoms with Crippen LogP contribution in [0.4, 0.5) is 10.7 Å². The van der Waals surface area contributed by atoms with Crippen molar-refractivity contribution in [2.24, 2.45) is 0 Å². The third kappa shape index (κ3) is 5.28. The Kier molecular flexibility index (Phi) is 6.49. The molecule has 0 aliphatic heterocycles. The predicted octanol–water partition coefficient (Wildman–Crippen LogP) is 5.96. The van der Waals surface area contributed by atoms with Crippen molar-refractivity contribution in [2.45, 2.75) is 58.5 Å². The number of ether oxygens (including phenoxy) is 2. The number of methoxy groups -OCH3 is 1. The predicted molar refractivity (Wildman–Crippen MR) is 124 cm³/mol. The van der Waals surface area contributed by atoms with Crippen molar-refractivity contribution >= 4 is 45.3 Å². The molecule has 1 aromatic heterocycles. The number of fused-ring (bicyclic) bond motifs is 1. The van der Waals surface area contributed by atoms with Crippen LogP contribution in [-0.2, 0) is 11.2 Å². The number of anilines is 2. The van der Waals surface area contributed by atoms with Crippen LogP contribution in [-0.4, -0.2) is 23.8 Å². The zero-order valence-electron chi connectivity index (χ0n) is 17.5. The summed E-state index contributed by atoms with van der Waals surface area (Å²) in [6.45, 7) is 7.83. The SMILES string of the molecule is COc1cccc(NC(=S)Nc2sc3c(c2C(=O)OC(C)(C)C)C(C)CCC3)c1. The highest BCUT2D eigenvalue weighted by Gasteiger charge is 2.32. The standard InChI is InChI=1S/C22H28N2O3S2/c1-13-8-6-11-16-17(13)18(20(25)27-22(2,3)4)19(29-16)24-21(28)23-14-9-7-10-15(12-14)26-5/h7,9-10,12-13H,6,8,11H2,1-5H3,(H2,23,24,28). The van der Waals surface area contributed by atoms with E-state index >= 15 is 0 Å². The lowest BCUT2D eigenvalue weighted by Gasteiger charge is -2.23. The number of hydrogen-bond acceptors (Lipinski definition) is 5. The molecular weight excluding hydrogens is 404 g/mol. The van der Waals surface area contributed by atoms with Crippen LogP contribution in [0.5, 0.6) is 5.75 Å². The Labute approximate surface area is 181 Å². The Morgan fingerprint density at radius 1 is 1.28 bits per heavy atom. The Morgan fingerprint density at radius 2 is 2.03 bits per heavy atom. The van der Waals surface area contributed by atoms with Crippen molar-refractivity contribution < 1.29 is 14.3 Å². The number of carbonyl (C=O) groups excluding carboxylic acids is 1. The number of thiophene rings is 1. The van der Waals surface area contributed by atoms with Crippen LogP contribution < -0.4 is 15.4 Å². The van der Waals surface area contributed by atoms with Crippen molar-refractivity contribution in [1.29, 1.82) is 0 Å². The summed E-state index contributed by atoms with van der Waals surface area (Å²) in [7, 11) is 1.63. The first-order chi connectivity index (χ1) is 13.7. The van der Waals surface area contributed by atoms with Crippen LogP contribution in [0.2, 0.25) is 0 Å². The van der Waals surface area contributed by atoms with Gasteiger partial charge in [0.05, 0.1) is 12.7 Å². The van der Waals surface area contributed by atoms with E-state index in [0.717, 1.165) is 41.3 Å². The van der Waals surface area contributed by atoms with Gasteiger partial charge < -0.3 is 20.1 Å². The van der Waals surface area contributed by atoms with Gasteiger partial charge in [-0.2, -0.15) is 0 Å². The average molecular weight is 433 g/mol. The van der Waals surface area contributed by atoms with Crippen LogP contribution in [0, 0.1) is 0 Å². The number of thiocarbonyl (C=S) groups is 1. The normalized spacial score (nSPS) is 16.0. The molecule has 1 unspecified atom stereocenters. The summed E-state index contributed by atoms with van der Waals surface area (Å²) in [4.78, 5) is 14.3. The average Bonchev–Trinajstić information content (AvgIpc) is 2.99. The van der Waals surface area contributed by atoms with E-state index in [1.807, 2.05) is 45.0 Å². The number of rotatable bonds is 4. The lowest BCUT2D eigenvalue weighted by atomic mass is 9.86. The molecule has 7 heteroatoms. The molecule has 29 heavy (non-hydrogen) atoms. The highest BCUT2D eigenvalue weighted by molar-refractivity contribution is 7.80. The molecule has 5 nitrogen and oxygen atoms in total. The van der Waals surface area contributed by atoms with E-state index in [4.69, 9.17) is 21.7 Å². The summed E-state index contributed by atoms with van der Waals surface area (Å²) in [5, 5.41) is 7.58.